The fourth-order valence-corrected chi connectivity index (χ4v) is 5.20. The van der Waals surface area contributed by atoms with Gasteiger partial charge in [-0.25, -0.2) is 9.67 Å². The minimum atomic E-state index is 0.695. The third-order valence-corrected chi connectivity index (χ3v) is 7.06. The van der Waals surface area contributed by atoms with Gasteiger partial charge in [0.15, 0.2) is 0 Å². The summed E-state index contributed by atoms with van der Waals surface area (Å²) in [6.07, 6.45) is 1.88. The fraction of sp³-hybridized carbons (Fsp3) is 0.167. The van der Waals surface area contributed by atoms with E-state index in [-0.39, 0.29) is 0 Å². The Morgan fingerprint density at radius 3 is 2.44 bits per heavy atom. The summed E-state index contributed by atoms with van der Waals surface area (Å²) in [5, 5.41) is 9.67. The second-order valence-electron chi connectivity index (χ2n) is 7.22. The molecule has 4 aromatic rings. The second-order valence-corrected chi connectivity index (χ2v) is 9.44. The molecule has 3 heterocycles. The summed E-state index contributed by atoms with van der Waals surface area (Å²) in [4.78, 5) is 9.09. The minimum Gasteiger partial charge on any atom is -0.378 e. The monoisotopic (exact) mass is 480 g/mol. The molecule has 1 aliphatic heterocycles. The van der Waals surface area contributed by atoms with Crippen LogP contribution >= 0.6 is 34.3 Å². The van der Waals surface area contributed by atoms with Crippen LogP contribution in [0.15, 0.2) is 81.5 Å². The largest absolute Gasteiger partial charge is 0.378 e. The first kappa shape index (κ1) is 21.2. The predicted octanol–water partition coefficient (Wildman–Crippen LogP) is 5.88. The number of thiazole rings is 1. The second kappa shape index (κ2) is 9.83. The van der Waals surface area contributed by atoms with E-state index >= 15 is 0 Å². The maximum Gasteiger partial charge on any atom is 0.211 e. The molecular weight excluding hydrogens is 460 g/mol. The standard InChI is InChI=1S/C24H21ClN4OS2/c25-19-5-7-20(8-6-19)27-24-29(22(17-32-24)23-2-1-15-31-23)26-16-18-3-9-21(10-4-18)28-11-13-30-14-12-28/h1-10,15-17H,11-14H2. The average Bonchev–Trinajstić information content (AvgIpc) is 3.50. The van der Waals surface area contributed by atoms with E-state index in [1.807, 2.05) is 41.2 Å². The molecule has 2 aromatic carbocycles. The third-order valence-electron chi connectivity index (χ3n) is 5.10. The Bertz CT molecular complexity index is 1250. The molecule has 1 fully saturated rings. The molecule has 2 aromatic heterocycles. The molecule has 5 rings (SSSR count). The van der Waals surface area contributed by atoms with Crippen LogP contribution in [0.5, 0.6) is 0 Å². The quantitative estimate of drug-likeness (QED) is 0.334. The van der Waals surface area contributed by atoms with Crippen molar-refractivity contribution in [3.05, 3.63) is 86.8 Å². The molecule has 0 atom stereocenters. The molecule has 162 valence electrons. The lowest BCUT2D eigenvalue weighted by atomic mass is 10.2. The van der Waals surface area contributed by atoms with Crippen molar-refractivity contribution >= 4 is 51.9 Å². The van der Waals surface area contributed by atoms with Crippen molar-refractivity contribution < 1.29 is 4.74 Å². The van der Waals surface area contributed by atoms with Gasteiger partial charge in [0.25, 0.3) is 0 Å². The first-order valence-corrected chi connectivity index (χ1v) is 12.4. The summed E-state index contributed by atoms with van der Waals surface area (Å²) in [6, 6.07) is 20.1. The van der Waals surface area contributed by atoms with E-state index in [1.54, 1.807) is 22.7 Å². The van der Waals surface area contributed by atoms with E-state index in [4.69, 9.17) is 26.4 Å². The molecule has 0 unspecified atom stereocenters. The first-order chi connectivity index (χ1) is 15.8. The number of hydrogen-bond donors (Lipinski definition) is 0. The zero-order valence-electron chi connectivity index (χ0n) is 17.2. The van der Waals surface area contributed by atoms with Crippen molar-refractivity contribution in [2.24, 2.45) is 10.1 Å². The third kappa shape index (κ3) is 4.86. The van der Waals surface area contributed by atoms with Crippen LogP contribution in [0.3, 0.4) is 0 Å². The van der Waals surface area contributed by atoms with Crippen molar-refractivity contribution in [3.63, 3.8) is 0 Å². The van der Waals surface area contributed by atoms with Gasteiger partial charge in [-0.2, -0.15) is 5.10 Å². The summed E-state index contributed by atoms with van der Waals surface area (Å²) in [7, 11) is 0. The molecule has 0 radical (unpaired) electrons. The smallest absolute Gasteiger partial charge is 0.211 e. The number of hydrogen-bond acceptors (Lipinski definition) is 6. The van der Waals surface area contributed by atoms with Crippen LogP contribution in [0.4, 0.5) is 11.4 Å². The van der Waals surface area contributed by atoms with E-state index in [0.29, 0.717) is 5.02 Å². The minimum absolute atomic E-state index is 0.695. The van der Waals surface area contributed by atoms with Crippen molar-refractivity contribution in [1.82, 2.24) is 4.68 Å². The van der Waals surface area contributed by atoms with Gasteiger partial charge in [-0.15, -0.1) is 22.7 Å². The van der Waals surface area contributed by atoms with Crippen molar-refractivity contribution in [2.75, 3.05) is 31.2 Å². The maximum atomic E-state index is 6.02. The Hall–Kier alpha value is -2.71. The molecule has 0 bridgehead atoms. The summed E-state index contributed by atoms with van der Waals surface area (Å²) in [6.45, 7) is 3.42. The Morgan fingerprint density at radius 2 is 1.72 bits per heavy atom. The van der Waals surface area contributed by atoms with Crippen molar-refractivity contribution in [1.29, 1.82) is 0 Å². The molecule has 5 nitrogen and oxygen atoms in total. The number of anilines is 1. The molecule has 0 amide bonds. The Labute approximate surface area is 199 Å². The SMILES string of the molecule is Clc1ccc(N=c2scc(-c3cccs3)n2N=Cc2ccc(N3CCOCC3)cc2)cc1. The van der Waals surface area contributed by atoms with Gasteiger partial charge >= 0.3 is 0 Å². The topological polar surface area (TPSA) is 42.1 Å². The molecule has 0 aliphatic carbocycles. The number of nitrogens with zero attached hydrogens (tertiary/aromatic N) is 4. The molecule has 0 N–H and O–H groups in total. The first-order valence-electron chi connectivity index (χ1n) is 10.3. The van der Waals surface area contributed by atoms with Crippen LogP contribution < -0.4 is 9.70 Å². The summed E-state index contributed by atoms with van der Waals surface area (Å²) in [5.74, 6) is 0. The molecule has 0 saturated carbocycles. The van der Waals surface area contributed by atoms with Crippen LogP contribution in [0.25, 0.3) is 10.6 Å². The zero-order valence-corrected chi connectivity index (χ0v) is 19.6. The highest BCUT2D eigenvalue weighted by Crippen LogP contribution is 2.26. The molecular formula is C24H21ClN4OS2. The number of benzene rings is 2. The zero-order chi connectivity index (χ0) is 21.8. The van der Waals surface area contributed by atoms with Crippen molar-refractivity contribution in [2.45, 2.75) is 0 Å². The van der Waals surface area contributed by atoms with E-state index in [2.05, 4.69) is 46.0 Å². The molecule has 1 aliphatic rings. The molecule has 8 heteroatoms. The van der Waals surface area contributed by atoms with Gasteiger partial charge in [-0.3, -0.25) is 0 Å². The van der Waals surface area contributed by atoms with E-state index in [9.17, 15) is 0 Å². The lowest BCUT2D eigenvalue weighted by Gasteiger charge is -2.28. The van der Waals surface area contributed by atoms with Gasteiger partial charge in [-0.05, 0) is 53.4 Å². The maximum absolute atomic E-state index is 6.02. The number of morpholine rings is 1. The number of ether oxygens (including phenoxy) is 1. The van der Waals surface area contributed by atoms with E-state index in [1.165, 1.54) is 5.69 Å². The van der Waals surface area contributed by atoms with Gasteiger partial charge in [0.1, 0.15) is 0 Å². The summed E-state index contributed by atoms with van der Waals surface area (Å²) in [5.41, 5.74) is 4.12. The van der Waals surface area contributed by atoms with Gasteiger partial charge in [0.2, 0.25) is 4.80 Å². The summed E-state index contributed by atoms with van der Waals surface area (Å²) >= 11 is 9.28. The predicted molar refractivity (Wildman–Crippen MR) is 135 cm³/mol. The van der Waals surface area contributed by atoms with Crippen molar-refractivity contribution in [3.8, 4) is 10.6 Å². The van der Waals surface area contributed by atoms with E-state index in [0.717, 1.165) is 52.9 Å². The van der Waals surface area contributed by atoms with Crippen LogP contribution in [0, 0.1) is 0 Å². The van der Waals surface area contributed by atoms with Crippen LogP contribution in [-0.2, 0) is 4.74 Å². The van der Waals surface area contributed by atoms with Gasteiger partial charge in [-0.1, -0.05) is 29.8 Å². The van der Waals surface area contributed by atoms with Crippen LogP contribution in [0.2, 0.25) is 5.02 Å². The van der Waals surface area contributed by atoms with Crippen LogP contribution in [-0.4, -0.2) is 37.2 Å². The summed E-state index contributed by atoms with van der Waals surface area (Å²) < 4.78 is 7.35. The highest BCUT2D eigenvalue weighted by molar-refractivity contribution is 7.14. The Morgan fingerprint density at radius 1 is 0.938 bits per heavy atom. The fourth-order valence-electron chi connectivity index (χ4n) is 3.43. The normalized spacial score (nSPS) is 15.0. The molecule has 0 spiro atoms. The Kier molecular flexibility index (Phi) is 6.50. The lowest BCUT2D eigenvalue weighted by molar-refractivity contribution is 0.122. The number of aromatic nitrogens is 1. The molecule has 1 saturated heterocycles. The highest BCUT2D eigenvalue weighted by atomic mass is 35.5. The Balaban J connectivity index is 1.47. The number of rotatable bonds is 5. The number of thiophene rings is 1. The number of halogens is 1. The van der Waals surface area contributed by atoms with Gasteiger partial charge < -0.3 is 9.64 Å². The van der Waals surface area contributed by atoms with E-state index < -0.39 is 0 Å². The highest BCUT2D eigenvalue weighted by Gasteiger charge is 2.11. The molecule has 32 heavy (non-hydrogen) atoms. The van der Waals surface area contributed by atoms with Gasteiger partial charge in [0, 0.05) is 29.2 Å². The van der Waals surface area contributed by atoms with Gasteiger partial charge in [0.05, 0.1) is 35.7 Å². The van der Waals surface area contributed by atoms with Crippen LogP contribution in [0.1, 0.15) is 5.56 Å². The lowest BCUT2D eigenvalue weighted by Crippen LogP contribution is -2.36. The average molecular weight is 481 g/mol.